The minimum absolute atomic E-state index is 0.0294. The number of unbranched alkanes of at least 4 members (excludes halogenated alkanes) is 1. The molecule has 0 bridgehead atoms. The Bertz CT molecular complexity index is 1210. The summed E-state index contributed by atoms with van der Waals surface area (Å²) in [6.07, 6.45) is 1.34. The van der Waals surface area contributed by atoms with Crippen molar-refractivity contribution in [3.63, 3.8) is 0 Å². The molecule has 200 valence electrons. The number of hydrogen-bond donors (Lipinski definition) is 2. The van der Waals surface area contributed by atoms with Gasteiger partial charge < -0.3 is 19.7 Å². The Balaban J connectivity index is 1.64. The van der Waals surface area contributed by atoms with E-state index in [1.807, 2.05) is 12.1 Å². The van der Waals surface area contributed by atoms with E-state index in [9.17, 15) is 19.5 Å². The molecule has 9 nitrogen and oxygen atoms in total. The number of hydrogen-bond acceptors (Lipinski definition) is 6. The lowest BCUT2D eigenvalue weighted by Gasteiger charge is -2.36. The average molecular weight is 531 g/mol. The molecular formula is C27H35ClN4O5. The van der Waals surface area contributed by atoms with Gasteiger partial charge in [0.2, 0.25) is 5.91 Å². The van der Waals surface area contributed by atoms with Gasteiger partial charge in [-0.2, -0.15) is 0 Å². The summed E-state index contributed by atoms with van der Waals surface area (Å²) in [5, 5.41) is 10.9. The molecule has 1 saturated heterocycles. The second-order valence-corrected chi connectivity index (χ2v) is 11.3. The third kappa shape index (κ3) is 6.15. The molecule has 2 aromatic rings. The van der Waals surface area contributed by atoms with E-state index in [-0.39, 0.29) is 36.9 Å². The highest BCUT2D eigenvalue weighted by atomic mass is 35.5. The first-order chi connectivity index (χ1) is 17.5. The number of carbonyl (C=O) groups excluding carboxylic acids is 2. The van der Waals surface area contributed by atoms with Crippen molar-refractivity contribution < 1.29 is 19.4 Å². The lowest BCUT2D eigenvalue weighted by molar-refractivity contribution is -0.137. The fraction of sp³-hybridized carbons (Fsp3) is 0.556. The van der Waals surface area contributed by atoms with E-state index in [4.69, 9.17) is 21.3 Å². The number of ether oxygens (including phenoxy) is 1. The first kappa shape index (κ1) is 27.1. The molecule has 3 heterocycles. The number of benzene rings is 1. The number of rotatable bonds is 5. The molecule has 0 saturated carbocycles. The van der Waals surface area contributed by atoms with Crippen molar-refractivity contribution in [3.05, 3.63) is 50.9 Å². The average Bonchev–Trinajstić information content (AvgIpc) is 3.23. The monoisotopic (exact) mass is 530 g/mol. The van der Waals surface area contributed by atoms with Crippen LogP contribution in [0.3, 0.4) is 0 Å². The van der Waals surface area contributed by atoms with E-state index in [2.05, 4.69) is 11.9 Å². The standard InChI is InChI=1S/C27H35ClN4O5/c1-5-6-7-17-13-31(25(35)21-12-19(33)14-32(21)26(36)37-27(2,3)4)15-20-22(17)29-23(30-24(20)34)16-8-10-18(28)11-9-16/h8-11,17,19,21,33H,5-7,12-15H2,1-4H3,(H,29,30,34)/t17?,19-,21?/m1/s1. The fourth-order valence-electron chi connectivity index (χ4n) is 4.99. The van der Waals surface area contributed by atoms with Crippen LogP contribution >= 0.6 is 11.6 Å². The van der Waals surface area contributed by atoms with Crippen molar-refractivity contribution in [2.45, 2.75) is 83.6 Å². The predicted octanol–water partition coefficient (Wildman–Crippen LogP) is 4.08. The van der Waals surface area contributed by atoms with E-state index in [0.717, 1.165) is 24.8 Å². The number of halogens is 1. The Labute approximate surface area is 221 Å². The number of aliphatic hydroxyl groups is 1. The molecular weight excluding hydrogens is 496 g/mol. The lowest BCUT2D eigenvalue weighted by Crippen LogP contribution is -2.51. The summed E-state index contributed by atoms with van der Waals surface area (Å²) in [6.45, 7) is 7.87. The summed E-state index contributed by atoms with van der Waals surface area (Å²) >= 11 is 6.02. The second kappa shape index (κ2) is 10.8. The highest BCUT2D eigenvalue weighted by Gasteiger charge is 2.44. The molecule has 0 radical (unpaired) electrons. The SMILES string of the molecule is CCCCC1CN(C(=O)C2C[C@@H](O)CN2C(=O)OC(C)(C)C)Cc2c1nc(-c1ccc(Cl)cc1)[nH]c2=O. The lowest BCUT2D eigenvalue weighted by atomic mass is 9.90. The molecule has 3 atom stereocenters. The van der Waals surface area contributed by atoms with E-state index >= 15 is 0 Å². The third-order valence-corrected chi connectivity index (χ3v) is 7.00. The van der Waals surface area contributed by atoms with Crippen LogP contribution in [0.25, 0.3) is 11.4 Å². The number of fused-ring (bicyclic) bond motifs is 1. The van der Waals surface area contributed by atoms with E-state index in [0.29, 0.717) is 28.6 Å². The van der Waals surface area contributed by atoms with E-state index in [1.54, 1.807) is 37.8 Å². The Kier molecular flexibility index (Phi) is 7.94. The zero-order valence-electron chi connectivity index (χ0n) is 21.8. The van der Waals surface area contributed by atoms with Gasteiger partial charge in [0.25, 0.3) is 5.56 Å². The molecule has 2 unspecified atom stereocenters. The van der Waals surface area contributed by atoms with Gasteiger partial charge in [-0.05, 0) is 51.5 Å². The van der Waals surface area contributed by atoms with Crippen LogP contribution in [0.2, 0.25) is 5.02 Å². The highest BCUT2D eigenvalue weighted by molar-refractivity contribution is 6.30. The summed E-state index contributed by atoms with van der Waals surface area (Å²) in [7, 11) is 0. The van der Waals surface area contributed by atoms with Crippen molar-refractivity contribution in [2.24, 2.45) is 0 Å². The van der Waals surface area contributed by atoms with Crippen LogP contribution in [0.1, 0.15) is 70.6 Å². The number of β-amino-alcohol motifs (C(OH)–C–C–N with tert-alkyl or cyclic N) is 1. The predicted molar refractivity (Wildman–Crippen MR) is 140 cm³/mol. The normalized spacial score (nSPS) is 21.6. The van der Waals surface area contributed by atoms with Crippen LogP contribution in [0.4, 0.5) is 4.79 Å². The van der Waals surface area contributed by atoms with Crippen LogP contribution in [0.15, 0.2) is 29.1 Å². The molecule has 1 fully saturated rings. The molecule has 1 aromatic carbocycles. The Morgan fingerprint density at radius 3 is 2.57 bits per heavy atom. The number of carbonyl (C=O) groups is 2. The minimum atomic E-state index is -0.849. The number of aromatic amines is 1. The zero-order valence-corrected chi connectivity index (χ0v) is 22.5. The molecule has 2 aliphatic rings. The Hall–Kier alpha value is -2.91. The molecule has 1 aromatic heterocycles. The molecule has 2 N–H and O–H groups in total. The second-order valence-electron chi connectivity index (χ2n) is 10.9. The van der Waals surface area contributed by atoms with Gasteiger partial charge in [-0.15, -0.1) is 0 Å². The summed E-state index contributed by atoms with van der Waals surface area (Å²) < 4.78 is 5.48. The molecule has 0 spiro atoms. The van der Waals surface area contributed by atoms with Crippen LogP contribution in [-0.2, 0) is 16.1 Å². The number of nitrogens with zero attached hydrogens (tertiary/aromatic N) is 3. The van der Waals surface area contributed by atoms with Crippen molar-refractivity contribution >= 4 is 23.6 Å². The van der Waals surface area contributed by atoms with Gasteiger partial charge in [0.1, 0.15) is 17.5 Å². The largest absolute Gasteiger partial charge is 0.444 e. The van der Waals surface area contributed by atoms with Crippen LogP contribution in [0.5, 0.6) is 0 Å². The highest BCUT2D eigenvalue weighted by Crippen LogP contribution is 2.32. The van der Waals surface area contributed by atoms with Crippen molar-refractivity contribution in [3.8, 4) is 11.4 Å². The van der Waals surface area contributed by atoms with Crippen LogP contribution in [-0.4, -0.2) is 67.7 Å². The summed E-state index contributed by atoms with van der Waals surface area (Å²) in [5.74, 6) is 0.0507. The van der Waals surface area contributed by atoms with Crippen molar-refractivity contribution in [1.29, 1.82) is 0 Å². The molecule has 37 heavy (non-hydrogen) atoms. The first-order valence-corrected chi connectivity index (χ1v) is 13.2. The third-order valence-electron chi connectivity index (χ3n) is 6.75. The smallest absolute Gasteiger partial charge is 0.411 e. The number of likely N-dealkylation sites (tertiary alicyclic amines) is 1. The molecule has 0 aliphatic carbocycles. The topological polar surface area (TPSA) is 116 Å². The van der Waals surface area contributed by atoms with Gasteiger partial charge in [-0.3, -0.25) is 14.5 Å². The van der Waals surface area contributed by atoms with Gasteiger partial charge in [-0.1, -0.05) is 31.4 Å². The maximum absolute atomic E-state index is 13.7. The number of H-pyrrole nitrogens is 1. The molecule has 2 amide bonds. The van der Waals surface area contributed by atoms with Gasteiger partial charge in [0.05, 0.1) is 30.5 Å². The van der Waals surface area contributed by atoms with Crippen LogP contribution in [0, 0.1) is 0 Å². The molecule has 2 aliphatic heterocycles. The summed E-state index contributed by atoms with van der Waals surface area (Å²) in [4.78, 5) is 50.4. The molecule has 10 heteroatoms. The zero-order chi connectivity index (χ0) is 26.9. The maximum atomic E-state index is 13.7. The first-order valence-electron chi connectivity index (χ1n) is 12.8. The molecule has 4 rings (SSSR count). The number of amides is 2. The fourth-order valence-corrected chi connectivity index (χ4v) is 5.11. The van der Waals surface area contributed by atoms with E-state index < -0.39 is 23.8 Å². The maximum Gasteiger partial charge on any atom is 0.411 e. The summed E-state index contributed by atoms with van der Waals surface area (Å²) in [6, 6.07) is 6.26. The summed E-state index contributed by atoms with van der Waals surface area (Å²) in [5.41, 5.74) is 0.908. The van der Waals surface area contributed by atoms with Crippen LogP contribution < -0.4 is 5.56 Å². The minimum Gasteiger partial charge on any atom is -0.444 e. The quantitative estimate of drug-likeness (QED) is 0.602. The van der Waals surface area contributed by atoms with Gasteiger partial charge in [0.15, 0.2) is 0 Å². The Morgan fingerprint density at radius 1 is 1.22 bits per heavy atom. The van der Waals surface area contributed by atoms with Gasteiger partial charge in [0, 0.05) is 29.5 Å². The Morgan fingerprint density at radius 2 is 1.92 bits per heavy atom. The van der Waals surface area contributed by atoms with E-state index in [1.165, 1.54) is 4.90 Å². The van der Waals surface area contributed by atoms with Gasteiger partial charge in [-0.25, -0.2) is 9.78 Å². The van der Waals surface area contributed by atoms with Crippen molar-refractivity contribution in [1.82, 2.24) is 19.8 Å². The van der Waals surface area contributed by atoms with Gasteiger partial charge >= 0.3 is 6.09 Å². The number of nitrogens with one attached hydrogen (secondary N) is 1. The number of aliphatic hydroxyl groups excluding tert-OH is 1. The van der Waals surface area contributed by atoms with Crippen molar-refractivity contribution in [2.75, 3.05) is 13.1 Å². The number of aromatic nitrogens is 2.